The van der Waals surface area contributed by atoms with E-state index in [2.05, 4.69) is 19.9 Å². The van der Waals surface area contributed by atoms with Crippen molar-refractivity contribution in [3.8, 4) is 0 Å². The van der Waals surface area contributed by atoms with Crippen molar-refractivity contribution in [2.24, 2.45) is 5.92 Å². The second kappa shape index (κ2) is 5.79. The molecule has 3 unspecified atom stereocenters. The zero-order valence-corrected chi connectivity index (χ0v) is 13.0. The second-order valence-corrected chi connectivity index (χ2v) is 9.17. The standard InChI is InChI=1S/C14H18O4S2/c1-10-3-8-14(11(2)9-10)12-4-6-13(7-5-12)20(17,18)19(15)16/h4-7,9,11,14H,3,8H2,1-2H3,(H,15,16)/p-1. The summed E-state index contributed by atoms with van der Waals surface area (Å²) in [4.78, 5) is -0.176. The first kappa shape index (κ1) is 15.4. The molecule has 1 aliphatic rings. The molecular formula is C14H17O4S2-. The van der Waals surface area contributed by atoms with Crippen molar-refractivity contribution in [2.75, 3.05) is 0 Å². The molecular weight excluding hydrogens is 296 g/mol. The van der Waals surface area contributed by atoms with Gasteiger partial charge in [-0.25, -0.2) is 8.42 Å². The summed E-state index contributed by atoms with van der Waals surface area (Å²) in [5.74, 6) is 0.757. The van der Waals surface area contributed by atoms with Gasteiger partial charge in [-0.15, -0.1) is 0 Å². The van der Waals surface area contributed by atoms with Gasteiger partial charge in [0.2, 0.25) is 8.87 Å². The fraction of sp³-hybridized carbons (Fsp3) is 0.429. The van der Waals surface area contributed by atoms with Gasteiger partial charge in [-0.05, 0) is 49.3 Å². The molecule has 1 aromatic rings. The van der Waals surface area contributed by atoms with Crippen LogP contribution in [0.4, 0.5) is 0 Å². The number of hydrogen-bond donors (Lipinski definition) is 0. The normalized spacial score (nSPS) is 25.1. The van der Waals surface area contributed by atoms with Crippen LogP contribution in [0.2, 0.25) is 0 Å². The molecule has 0 amide bonds. The van der Waals surface area contributed by atoms with Crippen LogP contribution in [0.1, 0.15) is 38.2 Å². The lowest BCUT2D eigenvalue weighted by molar-refractivity contribution is 0.480. The van der Waals surface area contributed by atoms with Crippen LogP contribution in [0, 0.1) is 5.92 Å². The first-order valence-electron chi connectivity index (χ1n) is 6.44. The Bertz CT molecular complexity index is 644. The zero-order chi connectivity index (χ0) is 14.9. The smallest absolute Gasteiger partial charge is 0.245 e. The van der Waals surface area contributed by atoms with Crippen molar-refractivity contribution >= 4 is 19.0 Å². The van der Waals surface area contributed by atoms with E-state index in [1.54, 1.807) is 12.1 Å². The first-order chi connectivity index (χ1) is 9.32. The Morgan fingerprint density at radius 1 is 1.25 bits per heavy atom. The molecule has 110 valence electrons. The van der Waals surface area contributed by atoms with Crippen molar-refractivity contribution < 1.29 is 17.2 Å². The average molecular weight is 313 g/mol. The molecule has 0 fully saturated rings. The topological polar surface area (TPSA) is 74.3 Å². The quantitative estimate of drug-likeness (QED) is 0.488. The summed E-state index contributed by atoms with van der Waals surface area (Å²) in [6.07, 6.45) is 4.31. The molecule has 6 heteroatoms. The molecule has 0 spiro atoms. The minimum atomic E-state index is -4.24. The van der Waals surface area contributed by atoms with E-state index in [1.807, 2.05) is 0 Å². The van der Waals surface area contributed by atoms with E-state index in [1.165, 1.54) is 17.7 Å². The van der Waals surface area contributed by atoms with Gasteiger partial charge in [0.15, 0.2) is 0 Å². The molecule has 2 rings (SSSR count). The predicted molar refractivity (Wildman–Crippen MR) is 77.4 cm³/mol. The summed E-state index contributed by atoms with van der Waals surface area (Å²) in [6.45, 7) is 4.26. The van der Waals surface area contributed by atoms with Gasteiger partial charge in [-0.2, -0.15) is 0 Å². The average Bonchev–Trinajstić information content (AvgIpc) is 2.38. The molecule has 0 heterocycles. The Balaban J connectivity index is 2.28. The van der Waals surface area contributed by atoms with E-state index in [0.717, 1.165) is 18.4 Å². The molecule has 1 aliphatic carbocycles. The highest BCUT2D eigenvalue weighted by atomic mass is 33.2. The van der Waals surface area contributed by atoms with Crippen molar-refractivity contribution in [3.05, 3.63) is 41.5 Å². The summed E-state index contributed by atoms with van der Waals surface area (Å²) in [5.41, 5.74) is 2.44. The van der Waals surface area contributed by atoms with E-state index < -0.39 is 19.0 Å². The monoisotopic (exact) mass is 313 g/mol. The summed E-state index contributed by atoms with van der Waals surface area (Å²) in [5, 5.41) is 0. The molecule has 0 saturated heterocycles. The van der Waals surface area contributed by atoms with Crippen molar-refractivity contribution in [1.82, 2.24) is 0 Å². The fourth-order valence-corrected chi connectivity index (χ4v) is 4.16. The van der Waals surface area contributed by atoms with Crippen molar-refractivity contribution in [3.63, 3.8) is 0 Å². The van der Waals surface area contributed by atoms with Crippen LogP contribution in [0.5, 0.6) is 0 Å². The van der Waals surface area contributed by atoms with E-state index in [-0.39, 0.29) is 4.90 Å². The van der Waals surface area contributed by atoms with Gasteiger partial charge in [0.05, 0.1) is 15.0 Å². The number of benzene rings is 1. The maximum atomic E-state index is 11.5. The largest absolute Gasteiger partial charge is 0.760 e. The SMILES string of the molecule is CC1=CC(C)C(c2ccc(S(=O)(=O)S(=O)[O-])cc2)CC1. The molecule has 20 heavy (non-hydrogen) atoms. The molecule has 0 saturated carbocycles. The minimum absolute atomic E-state index is 0.176. The number of rotatable bonds is 3. The van der Waals surface area contributed by atoms with E-state index in [0.29, 0.717) is 11.8 Å². The van der Waals surface area contributed by atoms with Crippen molar-refractivity contribution in [2.45, 2.75) is 37.5 Å². The van der Waals surface area contributed by atoms with Crippen LogP contribution in [-0.2, 0) is 19.0 Å². The second-order valence-electron chi connectivity index (χ2n) is 5.24. The lowest BCUT2D eigenvalue weighted by Crippen LogP contribution is -2.13. The van der Waals surface area contributed by atoms with Crippen LogP contribution in [0.3, 0.4) is 0 Å². The van der Waals surface area contributed by atoms with Crippen LogP contribution < -0.4 is 0 Å². The number of allylic oxidation sites excluding steroid dienone is 2. The lowest BCUT2D eigenvalue weighted by Gasteiger charge is -2.27. The van der Waals surface area contributed by atoms with E-state index in [4.69, 9.17) is 0 Å². The van der Waals surface area contributed by atoms with Gasteiger partial charge in [-0.3, -0.25) is 4.21 Å². The molecule has 0 bridgehead atoms. The summed E-state index contributed by atoms with van der Waals surface area (Å²) in [6, 6.07) is 6.18. The molecule has 1 aromatic carbocycles. The maximum absolute atomic E-state index is 11.5. The third-order valence-corrected chi connectivity index (χ3v) is 6.67. The highest BCUT2D eigenvalue weighted by Crippen LogP contribution is 2.36. The summed E-state index contributed by atoms with van der Waals surface area (Å²) >= 11 is 0. The summed E-state index contributed by atoms with van der Waals surface area (Å²) < 4.78 is 44.4. The Hall–Kier alpha value is -0.980. The van der Waals surface area contributed by atoms with Gasteiger partial charge >= 0.3 is 0 Å². The highest BCUT2D eigenvalue weighted by molar-refractivity contribution is 8.61. The predicted octanol–water partition coefficient (Wildman–Crippen LogP) is 2.71. The Labute approximate surface area is 121 Å². The van der Waals surface area contributed by atoms with Gasteiger partial charge in [0.1, 0.15) is 0 Å². The Morgan fingerprint density at radius 2 is 1.85 bits per heavy atom. The lowest BCUT2D eigenvalue weighted by atomic mass is 9.78. The maximum Gasteiger partial charge on any atom is 0.245 e. The zero-order valence-electron chi connectivity index (χ0n) is 11.4. The van der Waals surface area contributed by atoms with Gasteiger partial charge < -0.3 is 4.55 Å². The highest BCUT2D eigenvalue weighted by Gasteiger charge is 2.22. The van der Waals surface area contributed by atoms with Crippen LogP contribution in [0.15, 0.2) is 40.8 Å². The molecule has 4 nitrogen and oxygen atoms in total. The molecule has 0 aromatic heterocycles. The van der Waals surface area contributed by atoms with Crippen LogP contribution >= 0.6 is 0 Å². The Kier molecular flexibility index (Phi) is 4.46. The third kappa shape index (κ3) is 3.02. The van der Waals surface area contributed by atoms with Crippen molar-refractivity contribution in [1.29, 1.82) is 0 Å². The Morgan fingerprint density at radius 3 is 2.35 bits per heavy atom. The molecule has 0 aliphatic heterocycles. The summed E-state index contributed by atoms with van der Waals surface area (Å²) in [7, 11) is -7.38. The number of hydrogen-bond acceptors (Lipinski definition) is 4. The first-order valence-corrected chi connectivity index (χ1v) is 9.52. The van der Waals surface area contributed by atoms with Gasteiger partial charge in [0, 0.05) is 0 Å². The molecule has 0 radical (unpaired) electrons. The molecule has 0 N–H and O–H groups in total. The van der Waals surface area contributed by atoms with E-state index in [9.17, 15) is 17.2 Å². The van der Waals surface area contributed by atoms with Gasteiger partial charge in [-0.1, -0.05) is 30.7 Å². The van der Waals surface area contributed by atoms with Crippen LogP contribution in [-0.4, -0.2) is 17.2 Å². The van der Waals surface area contributed by atoms with E-state index >= 15 is 0 Å². The van der Waals surface area contributed by atoms with Gasteiger partial charge in [0.25, 0.3) is 0 Å². The fourth-order valence-electron chi connectivity index (χ4n) is 2.72. The third-order valence-electron chi connectivity index (χ3n) is 3.81. The minimum Gasteiger partial charge on any atom is -0.760 e. The van der Waals surface area contributed by atoms with Crippen LogP contribution in [0.25, 0.3) is 0 Å². The molecule has 3 atom stereocenters.